The molecule has 0 fully saturated rings. The molecule has 0 saturated carbocycles. The van der Waals surface area contributed by atoms with Crippen molar-refractivity contribution in [2.24, 2.45) is 22.9 Å². The summed E-state index contributed by atoms with van der Waals surface area (Å²) in [5.41, 5.74) is 19.3. The molecule has 11 N–H and O–H groups in total. The Bertz CT molecular complexity index is 402. The molecule has 3 atom stereocenters. The number of ether oxygens (including phenoxy) is 1. The van der Waals surface area contributed by atoms with Crippen LogP contribution >= 0.6 is 0 Å². The molecule has 12 heteroatoms. The van der Waals surface area contributed by atoms with E-state index in [0.717, 1.165) is 0 Å². The van der Waals surface area contributed by atoms with E-state index >= 15 is 0 Å². The number of amides is 2. The maximum absolute atomic E-state index is 10.7. The minimum atomic E-state index is -1.44. The highest BCUT2D eigenvalue weighted by atomic mass is 16.5. The van der Waals surface area contributed by atoms with Gasteiger partial charge >= 0.3 is 11.9 Å². The van der Waals surface area contributed by atoms with Crippen LogP contribution in [0, 0.1) is 0 Å². The number of hydrogen-bond acceptors (Lipinski definition) is 9. The first-order valence-electron chi connectivity index (χ1n) is 5.80. The molecule has 0 aromatic carbocycles. The molecule has 0 bridgehead atoms. The number of rotatable bonds is 8. The number of nitrogens with two attached hydrogens (primary N) is 4. The van der Waals surface area contributed by atoms with Crippen molar-refractivity contribution in [1.82, 2.24) is 0 Å². The monoisotopic (exact) mass is 324 g/mol. The van der Waals surface area contributed by atoms with Crippen LogP contribution in [-0.4, -0.2) is 70.5 Å². The van der Waals surface area contributed by atoms with Gasteiger partial charge in [-0.1, -0.05) is 0 Å². The average molecular weight is 324 g/mol. The predicted molar refractivity (Wildman–Crippen MR) is 70.6 cm³/mol. The first-order valence-corrected chi connectivity index (χ1v) is 5.80. The average Bonchev–Trinajstić information content (AvgIpc) is 2.42. The highest BCUT2D eigenvalue weighted by Gasteiger charge is 2.18. The summed E-state index contributed by atoms with van der Waals surface area (Å²) in [6.07, 6.45) is -1.85. The summed E-state index contributed by atoms with van der Waals surface area (Å²) in [5.74, 6) is -3.83. The van der Waals surface area contributed by atoms with Crippen molar-refractivity contribution in [3.63, 3.8) is 0 Å². The molecule has 0 radical (unpaired) electrons. The third-order valence-corrected chi connectivity index (χ3v) is 1.94. The molecule has 0 aliphatic carbocycles. The molecule has 12 nitrogen and oxygen atoms in total. The third-order valence-electron chi connectivity index (χ3n) is 1.94. The Hall–Kier alpha value is -2.28. The lowest BCUT2D eigenvalue weighted by Crippen LogP contribution is -2.40. The number of aliphatic carboxylic acids is 1. The van der Waals surface area contributed by atoms with Crippen LogP contribution in [0.4, 0.5) is 0 Å². The van der Waals surface area contributed by atoms with Gasteiger partial charge < -0.3 is 43.0 Å². The van der Waals surface area contributed by atoms with Gasteiger partial charge in [-0.25, -0.2) is 0 Å². The zero-order valence-electron chi connectivity index (χ0n) is 11.5. The van der Waals surface area contributed by atoms with E-state index in [-0.39, 0.29) is 0 Å². The van der Waals surface area contributed by atoms with E-state index in [1.54, 1.807) is 0 Å². The number of primary amides is 2. The van der Waals surface area contributed by atoms with Gasteiger partial charge in [-0.15, -0.1) is 0 Å². The molecule has 128 valence electrons. The molecule has 22 heavy (non-hydrogen) atoms. The molecule has 0 heterocycles. The Morgan fingerprint density at radius 3 is 1.82 bits per heavy atom. The van der Waals surface area contributed by atoms with E-state index < -0.39 is 61.6 Å². The number of aliphatic hydroxyl groups is 2. The molecule has 0 saturated heterocycles. The Balaban J connectivity index is 0. The van der Waals surface area contributed by atoms with E-state index in [9.17, 15) is 19.2 Å². The van der Waals surface area contributed by atoms with Crippen molar-refractivity contribution < 1.29 is 39.2 Å². The number of hydrogen-bond donors (Lipinski definition) is 7. The second-order valence-electron chi connectivity index (χ2n) is 3.95. The summed E-state index contributed by atoms with van der Waals surface area (Å²) in [6, 6.07) is -2.42. The van der Waals surface area contributed by atoms with Crippen LogP contribution in [-0.2, 0) is 23.9 Å². The second-order valence-corrected chi connectivity index (χ2v) is 3.95. The molecule has 0 rings (SSSR count). The van der Waals surface area contributed by atoms with Gasteiger partial charge in [0.1, 0.15) is 24.8 Å². The van der Waals surface area contributed by atoms with Crippen molar-refractivity contribution in [2.75, 3.05) is 13.2 Å². The van der Waals surface area contributed by atoms with Crippen LogP contribution < -0.4 is 22.9 Å². The van der Waals surface area contributed by atoms with E-state index in [1.165, 1.54) is 0 Å². The Morgan fingerprint density at radius 1 is 1.05 bits per heavy atom. The fourth-order valence-electron chi connectivity index (χ4n) is 0.716. The SMILES string of the molecule is NC(=O)CC(O)C(N)=O.N[C@@H](COC(=O)[C@@H](N)CO)C(=O)O. The lowest BCUT2D eigenvalue weighted by atomic mass is 10.2. The predicted octanol–water partition coefficient (Wildman–Crippen LogP) is -5.03. The van der Waals surface area contributed by atoms with Crippen molar-refractivity contribution >= 4 is 23.8 Å². The number of carboxylic acid groups (broad SMARTS) is 1. The van der Waals surface area contributed by atoms with Crippen molar-refractivity contribution in [1.29, 1.82) is 0 Å². The minimum Gasteiger partial charge on any atom is -0.480 e. The fourth-order valence-corrected chi connectivity index (χ4v) is 0.716. The molecular formula is C10H20N4O8. The summed E-state index contributed by atoms with van der Waals surface area (Å²) in [5, 5.41) is 25.2. The fraction of sp³-hybridized carbons (Fsp3) is 0.600. The molecule has 0 aromatic rings. The molecule has 1 unspecified atom stereocenters. The first kappa shape index (κ1) is 22.0. The summed E-state index contributed by atoms with van der Waals surface area (Å²) in [6.45, 7) is -1.01. The molecule has 0 aliphatic heterocycles. The van der Waals surface area contributed by atoms with Crippen molar-refractivity contribution in [3.8, 4) is 0 Å². The van der Waals surface area contributed by atoms with E-state index in [4.69, 9.17) is 26.8 Å². The van der Waals surface area contributed by atoms with Crippen LogP contribution in [0.5, 0.6) is 0 Å². The lowest BCUT2D eigenvalue weighted by molar-refractivity contribution is -0.149. The number of carbonyl (C=O) groups is 4. The van der Waals surface area contributed by atoms with Crippen LogP contribution in [0.25, 0.3) is 0 Å². The maximum Gasteiger partial charge on any atom is 0.325 e. The van der Waals surface area contributed by atoms with Gasteiger partial charge in [0.05, 0.1) is 13.0 Å². The summed E-state index contributed by atoms with van der Waals surface area (Å²) in [7, 11) is 0. The smallest absolute Gasteiger partial charge is 0.325 e. The Morgan fingerprint density at radius 2 is 1.55 bits per heavy atom. The van der Waals surface area contributed by atoms with Crippen LogP contribution in [0.3, 0.4) is 0 Å². The Kier molecular flexibility index (Phi) is 11.4. The summed E-state index contributed by atoms with van der Waals surface area (Å²) >= 11 is 0. The van der Waals surface area contributed by atoms with Crippen LogP contribution in [0.2, 0.25) is 0 Å². The van der Waals surface area contributed by atoms with Crippen LogP contribution in [0.1, 0.15) is 6.42 Å². The third kappa shape index (κ3) is 11.5. The maximum atomic E-state index is 10.7. The number of carboxylic acids is 1. The van der Waals surface area contributed by atoms with Crippen molar-refractivity contribution in [2.45, 2.75) is 24.6 Å². The minimum absolute atomic E-state index is 0.407. The number of carbonyl (C=O) groups excluding carboxylic acids is 3. The van der Waals surface area contributed by atoms with Gasteiger partial charge in [-0.05, 0) is 0 Å². The van der Waals surface area contributed by atoms with Gasteiger partial charge in [0.15, 0.2) is 0 Å². The molecule has 0 aliphatic rings. The van der Waals surface area contributed by atoms with Crippen LogP contribution in [0.15, 0.2) is 0 Å². The highest BCUT2D eigenvalue weighted by Crippen LogP contribution is 1.88. The summed E-state index contributed by atoms with van der Waals surface area (Å²) in [4.78, 5) is 40.9. The van der Waals surface area contributed by atoms with Gasteiger partial charge in [0, 0.05) is 0 Å². The molecule has 0 spiro atoms. The first-order chi connectivity index (χ1) is 10.0. The highest BCUT2D eigenvalue weighted by molar-refractivity contribution is 5.85. The standard InChI is InChI=1S/C6H12N2O5.C4H8N2O3/c7-3(1-9)6(12)13-2-4(8)5(10)11;5-3(8)1-2(7)4(6)9/h3-4,9H,1-2,7-8H2,(H,10,11);2,7H,1H2,(H2,5,8)(H2,6,9)/t3-,4-;/m0./s1. The largest absolute Gasteiger partial charge is 0.480 e. The zero-order chi connectivity index (χ0) is 17.9. The normalized spacial score (nSPS) is 13.8. The van der Waals surface area contributed by atoms with Gasteiger partial charge in [-0.3, -0.25) is 19.2 Å². The van der Waals surface area contributed by atoms with Gasteiger partial charge in [0.25, 0.3) is 0 Å². The number of esters is 1. The zero-order valence-corrected chi connectivity index (χ0v) is 11.5. The summed E-state index contributed by atoms with van der Waals surface area (Å²) < 4.78 is 4.39. The quantitative estimate of drug-likeness (QED) is 0.209. The van der Waals surface area contributed by atoms with Crippen molar-refractivity contribution in [3.05, 3.63) is 0 Å². The van der Waals surface area contributed by atoms with E-state index in [1.807, 2.05) is 0 Å². The molecular weight excluding hydrogens is 304 g/mol. The molecule has 0 aromatic heterocycles. The topological polar surface area (TPSA) is 242 Å². The van der Waals surface area contributed by atoms with Gasteiger partial charge in [-0.2, -0.15) is 0 Å². The van der Waals surface area contributed by atoms with Gasteiger partial charge in [0.2, 0.25) is 11.8 Å². The second kappa shape index (κ2) is 11.4. The van der Waals surface area contributed by atoms with E-state index in [2.05, 4.69) is 16.2 Å². The Labute approximate surface area is 125 Å². The number of aliphatic hydroxyl groups excluding tert-OH is 2. The molecule has 2 amide bonds. The lowest BCUT2D eigenvalue weighted by Gasteiger charge is -2.10. The van der Waals surface area contributed by atoms with E-state index in [0.29, 0.717) is 0 Å².